The van der Waals surface area contributed by atoms with Gasteiger partial charge >= 0.3 is 6.18 Å². The van der Waals surface area contributed by atoms with Gasteiger partial charge in [0.15, 0.2) is 0 Å². The third kappa shape index (κ3) is 5.39. The largest absolute Gasteiger partial charge is 0.416 e. The highest BCUT2D eigenvalue weighted by Gasteiger charge is 2.39. The van der Waals surface area contributed by atoms with Crippen molar-refractivity contribution in [1.82, 2.24) is 15.2 Å². The second-order valence-corrected chi connectivity index (χ2v) is 6.69. The summed E-state index contributed by atoms with van der Waals surface area (Å²) in [6.07, 6.45) is -1.09. The van der Waals surface area contributed by atoms with Gasteiger partial charge in [-0.25, -0.2) is 4.98 Å². The number of anilines is 1. The smallest absolute Gasteiger partial charge is 0.356 e. The summed E-state index contributed by atoms with van der Waals surface area (Å²) < 4.78 is 38.8. The van der Waals surface area contributed by atoms with E-state index in [1.807, 2.05) is 16.8 Å². The van der Waals surface area contributed by atoms with Crippen molar-refractivity contribution in [3.05, 3.63) is 23.9 Å². The lowest BCUT2D eigenvalue weighted by Crippen LogP contribution is -2.57. The first-order chi connectivity index (χ1) is 11.9. The molecule has 2 aliphatic heterocycles. The molecule has 27 heavy (non-hydrogen) atoms. The minimum atomic E-state index is -4.36. The van der Waals surface area contributed by atoms with Gasteiger partial charge in [-0.05, 0) is 37.9 Å². The lowest BCUT2D eigenvalue weighted by Gasteiger charge is -2.47. The SMILES string of the molecule is CNCCN1C(=O)CC[C@H]2CN(c3cc(C(F)(F)F)ccn3)CC[C@H]21.Cl.Cl. The number of aromatic nitrogens is 1. The van der Waals surface area contributed by atoms with Crippen LogP contribution in [-0.2, 0) is 11.0 Å². The zero-order chi connectivity index (χ0) is 18.0. The van der Waals surface area contributed by atoms with E-state index in [-0.39, 0.29) is 42.7 Å². The number of carbonyl (C=O) groups excluding carboxylic acids is 1. The van der Waals surface area contributed by atoms with Crippen molar-refractivity contribution in [2.24, 2.45) is 5.92 Å². The fraction of sp³-hybridized carbons (Fsp3) is 0.647. The summed E-state index contributed by atoms with van der Waals surface area (Å²) in [6.45, 7) is 2.67. The van der Waals surface area contributed by atoms with Crippen molar-refractivity contribution < 1.29 is 18.0 Å². The van der Waals surface area contributed by atoms with Crippen LogP contribution in [0.3, 0.4) is 0 Å². The number of rotatable bonds is 4. The standard InChI is InChI=1S/C17H23F3N4O.2ClH/c1-21-7-9-24-14-5-8-23(11-12(14)2-3-16(24)25)15-10-13(4-6-22-15)17(18,19)20;;/h4,6,10,12,14,21H,2-3,5,7-9,11H2,1H3;2*1H/t12-,14+;;/m0../s1. The first-order valence-corrected chi connectivity index (χ1v) is 8.62. The Balaban J connectivity index is 0.00000182. The van der Waals surface area contributed by atoms with E-state index in [1.54, 1.807) is 0 Å². The van der Waals surface area contributed by atoms with Gasteiger partial charge in [-0.1, -0.05) is 0 Å². The number of piperidine rings is 2. The highest BCUT2D eigenvalue weighted by Crippen LogP contribution is 2.35. The van der Waals surface area contributed by atoms with Crippen LogP contribution in [0.5, 0.6) is 0 Å². The number of hydrogen-bond donors (Lipinski definition) is 1. The molecular weight excluding hydrogens is 404 g/mol. The maximum absolute atomic E-state index is 12.9. The van der Waals surface area contributed by atoms with Crippen LogP contribution in [0.1, 0.15) is 24.8 Å². The third-order valence-corrected chi connectivity index (χ3v) is 5.14. The van der Waals surface area contributed by atoms with E-state index in [2.05, 4.69) is 10.3 Å². The van der Waals surface area contributed by atoms with Crippen LogP contribution in [0.4, 0.5) is 19.0 Å². The maximum atomic E-state index is 12.9. The Hall–Kier alpha value is -1.25. The van der Waals surface area contributed by atoms with E-state index in [9.17, 15) is 18.0 Å². The first kappa shape index (κ1) is 23.8. The molecule has 2 saturated heterocycles. The van der Waals surface area contributed by atoms with Crippen molar-refractivity contribution in [1.29, 1.82) is 0 Å². The molecule has 0 unspecified atom stereocenters. The number of amides is 1. The highest BCUT2D eigenvalue weighted by atomic mass is 35.5. The van der Waals surface area contributed by atoms with Gasteiger partial charge in [0.25, 0.3) is 0 Å². The molecule has 0 aromatic carbocycles. The van der Waals surface area contributed by atoms with E-state index in [1.165, 1.54) is 6.20 Å². The molecule has 5 nitrogen and oxygen atoms in total. The summed E-state index contributed by atoms with van der Waals surface area (Å²) >= 11 is 0. The van der Waals surface area contributed by atoms with Crippen LogP contribution in [0, 0.1) is 5.92 Å². The van der Waals surface area contributed by atoms with Crippen molar-refractivity contribution in [2.75, 3.05) is 38.1 Å². The molecule has 2 aliphatic rings. The number of halogens is 5. The van der Waals surface area contributed by atoms with E-state index >= 15 is 0 Å². The molecule has 1 aromatic heterocycles. The average molecular weight is 429 g/mol. The summed E-state index contributed by atoms with van der Waals surface area (Å²) in [6, 6.07) is 2.29. The van der Waals surface area contributed by atoms with Crippen LogP contribution in [0.15, 0.2) is 18.3 Å². The zero-order valence-corrected chi connectivity index (χ0v) is 16.7. The minimum Gasteiger partial charge on any atom is -0.356 e. The molecule has 2 fully saturated rings. The Bertz CT molecular complexity index is 632. The van der Waals surface area contributed by atoms with Crippen LogP contribution < -0.4 is 10.2 Å². The normalized spacial score (nSPS) is 22.6. The Labute approximate surface area is 169 Å². The number of hydrogen-bond acceptors (Lipinski definition) is 4. The van der Waals surface area contributed by atoms with E-state index in [0.29, 0.717) is 31.9 Å². The predicted molar refractivity (Wildman–Crippen MR) is 103 cm³/mol. The van der Waals surface area contributed by atoms with Crippen molar-refractivity contribution in [3.8, 4) is 0 Å². The molecule has 1 aromatic rings. The summed E-state index contributed by atoms with van der Waals surface area (Å²) in [4.78, 5) is 20.2. The van der Waals surface area contributed by atoms with Crippen LogP contribution in [0.2, 0.25) is 0 Å². The number of carbonyl (C=O) groups is 1. The molecule has 0 saturated carbocycles. The fourth-order valence-electron chi connectivity index (χ4n) is 3.85. The molecule has 154 valence electrons. The third-order valence-electron chi connectivity index (χ3n) is 5.14. The van der Waals surface area contributed by atoms with Gasteiger partial charge in [-0.15, -0.1) is 24.8 Å². The fourth-order valence-corrected chi connectivity index (χ4v) is 3.85. The quantitative estimate of drug-likeness (QED) is 0.800. The Morgan fingerprint density at radius 3 is 2.70 bits per heavy atom. The zero-order valence-electron chi connectivity index (χ0n) is 15.0. The Kier molecular flexibility index (Phi) is 8.63. The van der Waals surface area contributed by atoms with Gasteiger partial charge < -0.3 is 15.1 Å². The van der Waals surface area contributed by atoms with Gasteiger partial charge in [0.1, 0.15) is 5.82 Å². The Morgan fingerprint density at radius 1 is 1.30 bits per heavy atom. The molecular formula is C17H25Cl2F3N4O. The van der Waals surface area contributed by atoms with Crippen molar-refractivity contribution >= 4 is 36.5 Å². The lowest BCUT2D eigenvalue weighted by molar-refractivity contribution is -0.139. The number of pyridine rings is 1. The number of likely N-dealkylation sites (tertiary alicyclic amines) is 1. The summed E-state index contributed by atoms with van der Waals surface area (Å²) in [5.74, 6) is 0.828. The van der Waals surface area contributed by atoms with Crippen LogP contribution >= 0.6 is 24.8 Å². The number of nitrogens with one attached hydrogen (secondary N) is 1. The topological polar surface area (TPSA) is 48.5 Å². The van der Waals surface area contributed by atoms with E-state index < -0.39 is 11.7 Å². The molecule has 0 radical (unpaired) electrons. The molecule has 10 heteroatoms. The van der Waals surface area contributed by atoms with Crippen LogP contribution in [0.25, 0.3) is 0 Å². The number of alkyl halides is 3. The molecule has 3 rings (SSSR count). The van der Waals surface area contributed by atoms with Gasteiger partial charge in [-0.2, -0.15) is 13.2 Å². The van der Waals surface area contributed by atoms with E-state index in [4.69, 9.17) is 0 Å². The summed E-state index contributed by atoms with van der Waals surface area (Å²) in [5.41, 5.74) is -0.672. The summed E-state index contributed by atoms with van der Waals surface area (Å²) in [7, 11) is 1.85. The minimum absolute atomic E-state index is 0. The van der Waals surface area contributed by atoms with Crippen molar-refractivity contribution in [2.45, 2.75) is 31.5 Å². The summed E-state index contributed by atoms with van der Waals surface area (Å²) in [5, 5.41) is 3.07. The molecule has 2 atom stereocenters. The number of likely N-dealkylation sites (N-methyl/N-ethyl adjacent to an activating group) is 1. The predicted octanol–water partition coefficient (Wildman–Crippen LogP) is 2.98. The molecule has 0 spiro atoms. The van der Waals surface area contributed by atoms with Crippen LogP contribution in [-0.4, -0.2) is 55.1 Å². The molecule has 0 bridgehead atoms. The van der Waals surface area contributed by atoms with Gasteiger partial charge in [0.2, 0.25) is 5.91 Å². The molecule has 1 amide bonds. The second-order valence-electron chi connectivity index (χ2n) is 6.69. The molecule has 1 N–H and O–H groups in total. The lowest BCUT2D eigenvalue weighted by atomic mass is 9.83. The molecule has 3 heterocycles. The second kappa shape index (κ2) is 9.80. The number of nitrogens with zero attached hydrogens (tertiary/aromatic N) is 3. The molecule has 0 aliphatic carbocycles. The van der Waals surface area contributed by atoms with Gasteiger partial charge in [0, 0.05) is 44.8 Å². The maximum Gasteiger partial charge on any atom is 0.416 e. The van der Waals surface area contributed by atoms with Gasteiger partial charge in [-0.3, -0.25) is 4.79 Å². The van der Waals surface area contributed by atoms with Crippen molar-refractivity contribution in [3.63, 3.8) is 0 Å². The highest BCUT2D eigenvalue weighted by molar-refractivity contribution is 5.85. The first-order valence-electron chi connectivity index (χ1n) is 8.62. The number of fused-ring (bicyclic) bond motifs is 1. The monoisotopic (exact) mass is 428 g/mol. The van der Waals surface area contributed by atoms with E-state index in [0.717, 1.165) is 31.5 Å². The Morgan fingerprint density at radius 2 is 2.04 bits per heavy atom. The average Bonchev–Trinajstić information content (AvgIpc) is 2.60. The van der Waals surface area contributed by atoms with Gasteiger partial charge in [0.05, 0.1) is 5.56 Å².